The van der Waals surface area contributed by atoms with Crippen molar-refractivity contribution in [2.45, 2.75) is 62.8 Å². The highest BCUT2D eigenvalue weighted by Crippen LogP contribution is 2.42. The van der Waals surface area contributed by atoms with Gasteiger partial charge < -0.3 is 4.57 Å². The molecule has 0 radical (unpaired) electrons. The van der Waals surface area contributed by atoms with Crippen LogP contribution in [-0.4, -0.2) is 24.4 Å². The van der Waals surface area contributed by atoms with Gasteiger partial charge in [-0.3, -0.25) is 0 Å². The molecule has 1 atom stereocenters. The molecular weight excluding hydrogens is 494 g/mol. The highest BCUT2D eigenvalue weighted by molar-refractivity contribution is 7.90. The van der Waals surface area contributed by atoms with Gasteiger partial charge in [0.05, 0.1) is 10.8 Å². The lowest BCUT2D eigenvalue weighted by Gasteiger charge is -2.29. The van der Waals surface area contributed by atoms with Crippen molar-refractivity contribution in [3.05, 3.63) is 59.8 Å². The van der Waals surface area contributed by atoms with E-state index in [1.807, 2.05) is 11.6 Å². The van der Waals surface area contributed by atoms with Crippen LogP contribution in [0.5, 0.6) is 0 Å². The Bertz CT molecular complexity index is 1320. The van der Waals surface area contributed by atoms with Gasteiger partial charge in [0.2, 0.25) is 10.0 Å². The summed E-state index contributed by atoms with van der Waals surface area (Å²) in [7, 11) is -4.20. The standard InChI is InChI=1S/C24H24F6N2O2S/c1-2-12-32-14-19(22(24(28,29)30)31-35(33,34)16-6-5-7-16)18-11-10-15(13-21(18)32)17-8-3-4-9-20(17)23(25,26)27/h3-4,8-11,13-14,16,22,31H,2,5-7,12H2,1H3/t22-/m0/s1. The molecule has 0 unspecified atom stereocenters. The predicted octanol–water partition coefficient (Wildman–Crippen LogP) is 6.81. The van der Waals surface area contributed by atoms with Gasteiger partial charge in [0.1, 0.15) is 6.04 Å². The van der Waals surface area contributed by atoms with E-state index in [0.29, 0.717) is 37.7 Å². The molecule has 0 aliphatic heterocycles. The number of hydrogen-bond donors (Lipinski definition) is 1. The molecule has 1 aliphatic rings. The second-order valence-corrected chi connectivity index (χ2v) is 10.7. The highest BCUT2D eigenvalue weighted by atomic mass is 32.2. The molecule has 1 aromatic heterocycles. The third kappa shape index (κ3) is 5.06. The molecule has 1 saturated carbocycles. The lowest BCUT2D eigenvalue weighted by atomic mass is 9.97. The average molecular weight is 519 g/mol. The molecule has 11 heteroatoms. The van der Waals surface area contributed by atoms with Crippen LogP contribution in [0.4, 0.5) is 26.3 Å². The summed E-state index contributed by atoms with van der Waals surface area (Å²) in [5.74, 6) is 0. The number of halogens is 6. The van der Waals surface area contributed by atoms with E-state index in [1.54, 1.807) is 0 Å². The smallest absolute Gasteiger partial charge is 0.347 e. The van der Waals surface area contributed by atoms with Gasteiger partial charge in [-0.25, -0.2) is 8.42 Å². The summed E-state index contributed by atoms with van der Waals surface area (Å²) in [6.07, 6.45) is -6.47. The lowest BCUT2D eigenvalue weighted by Crippen LogP contribution is -2.44. The van der Waals surface area contributed by atoms with E-state index in [1.165, 1.54) is 47.2 Å². The minimum Gasteiger partial charge on any atom is -0.347 e. The van der Waals surface area contributed by atoms with Crippen molar-refractivity contribution in [1.82, 2.24) is 9.29 Å². The van der Waals surface area contributed by atoms with Crippen LogP contribution in [0, 0.1) is 0 Å². The normalized spacial score (nSPS) is 16.4. The molecule has 2 aromatic carbocycles. The predicted molar refractivity (Wildman–Crippen MR) is 121 cm³/mol. The maximum absolute atomic E-state index is 14.1. The highest BCUT2D eigenvalue weighted by Gasteiger charge is 2.46. The monoisotopic (exact) mass is 518 g/mol. The van der Waals surface area contributed by atoms with Crippen LogP contribution in [0.1, 0.15) is 49.8 Å². The minimum absolute atomic E-state index is 0.0919. The first-order valence-electron chi connectivity index (χ1n) is 11.2. The Hall–Kier alpha value is -2.53. The summed E-state index contributed by atoms with van der Waals surface area (Å²) in [6.45, 7) is 2.12. The van der Waals surface area contributed by atoms with Crippen LogP contribution in [0.15, 0.2) is 48.7 Å². The number of nitrogens with one attached hydrogen (secondary N) is 1. The summed E-state index contributed by atoms with van der Waals surface area (Å²) in [4.78, 5) is 0. The summed E-state index contributed by atoms with van der Waals surface area (Å²) in [6, 6.07) is 6.60. The van der Waals surface area contributed by atoms with Crippen molar-refractivity contribution < 1.29 is 34.8 Å². The van der Waals surface area contributed by atoms with Crippen LogP contribution >= 0.6 is 0 Å². The molecular formula is C24H24F6N2O2S. The van der Waals surface area contributed by atoms with Crippen molar-refractivity contribution in [3.63, 3.8) is 0 Å². The quantitative estimate of drug-likeness (QED) is 0.349. The van der Waals surface area contributed by atoms with Gasteiger partial charge in [0.25, 0.3) is 0 Å². The van der Waals surface area contributed by atoms with Crippen LogP contribution < -0.4 is 4.72 Å². The molecule has 4 rings (SSSR count). The Morgan fingerprint density at radius 2 is 1.74 bits per heavy atom. The molecule has 1 heterocycles. The molecule has 0 bridgehead atoms. The topological polar surface area (TPSA) is 51.1 Å². The third-order valence-electron chi connectivity index (χ3n) is 6.33. The number of sulfonamides is 1. The van der Waals surface area contributed by atoms with Gasteiger partial charge in [-0.1, -0.05) is 43.7 Å². The molecule has 0 spiro atoms. The molecule has 35 heavy (non-hydrogen) atoms. The second-order valence-electron chi connectivity index (χ2n) is 8.74. The first-order chi connectivity index (χ1) is 16.3. The van der Waals surface area contributed by atoms with Crippen LogP contribution in [0.25, 0.3) is 22.0 Å². The summed E-state index contributed by atoms with van der Waals surface area (Å²) in [5, 5.41) is -0.730. The van der Waals surface area contributed by atoms with Crippen LogP contribution in [-0.2, 0) is 22.7 Å². The van der Waals surface area contributed by atoms with Gasteiger partial charge in [-0.15, -0.1) is 0 Å². The van der Waals surface area contributed by atoms with Crippen molar-refractivity contribution >= 4 is 20.9 Å². The number of nitrogens with zero attached hydrogens (tertiary/aromatic N) is 1. The van der Waals surface area contributed by atoms with E-state index >= 15 is 0 Å². The molecule has 1 fully saturated rings. The zero-order chi connectivity index (χ0) is 25.6. The van der Waals surface area contributed by atoms with Crippen molar-refractivity contribution in [1.29, 1.82) is 0 Å². The van der Waals surface area contributed by atoms with E-state index in [2.05, 4.69) is 0 Å². The van der Waals surface area contributed by atoms with E-state index in [0.717, 1.165) is 6.07 Å². The number of aryl methyl sites for hydroxylation is 1. The number of aromatic nitrogens is 1. The fourth-order valence-corrected chi connectivity index (χ4v) is 6.11. The molecule has 0 saturated heterocycles. The fourth-order valence-electron chi connectivity index (χ4n) is 4.37. The Morgan fingerprint density at radius 1 is 1.06 bits per heavy atom. The molecule has 1 aliphatic carbocycles. The van der Waals surface area contributed by atoms with Crippen molar-refractivity contribution in [3.8, 4) is 11.1 Å². The zero-order valence-corrected chi connectivity index (χ0v) is 19.6. The van der Waals surface area contributed by atoms with E-state index in [9.17, 15) is 34.8 Å². The Morgan fingerprint density at radius 3 is 2.31 bits per heavy atom. The maximum atomic E-state index is 14.1. The molecule has 190 valence electrons. The van der Waals surface area contributed by atoms with Crippen molar-refractivity contribution in [2.75, 3.05) is 0 Å². The van der Waals surface area contributed by atoms with E-state index < -0.39 is 39.2 Å². The Labute approximate surface area is 199 Å². The average Bonchev–Trinajstić information content (AvgIpc) is 3.07. The zero-order valence-electron chi connectivity index (χ0n) is 18.7. The third-order valence-corrected chi connectivity index (χ3v) is 8.25. The minimum atomic E-state index is -4.91. The number of rotatable bonds is 7. The van der Waals surface area contributed by atoms with E-state index in [-0.39, 0.29) is 22.1 Å². The second kappa shape index (κ2) is 9.16. The number of benzene rings is 2. The van der Waals surface area contributed by atoms with Crippen LogP contribution in [0.3, 0.4) is 0 Å². The Balaban J connectivity index is 1.86. The first kappa shape index (κ1) is 25.6. The SMILES string of the molecule is CCCn1cc([C@H](NS(=O)(=O)C2CCC2)C(F)(F)F)c2ccc(-c3ccccc3C(F)(F)F)cc21. The first-order valence-corrected chi connectivity index (χ1v) is 12.7. The molecule has 4 nitrogen and oxygen atoms in total. The van der Waals surface area contributed by atoms with Gasteiger partial charge in [0.15, 0.2) is 0 Å². The lowest BCUT2D eigenvalue weighted by molar-refractivity contribution is -0.152. The number of fused-ring (bicyclic) bond motifs is 1. The van der Waals surface area contributed by atoms with Crippen molar-refractivity contribution in [2.24, 2.45) is 0 Å². The molecule has 1 N–H and O–H groups in total. The summed E-state index contributed by atoms with van der Waals surface area (Å²) >= 11 is 0. The van der Waals surface area contributed by atoms with E-state index in [4.69, 9.17) is 0 Å². The fraction of sp³-hybridized carbons (Fsp3) is 0.417. The number of hydrogen-bond acceptors (Lipinski definition) is 2. The summed E-state index contributed by atoms with van der Waals surface area (Å²) in [5.41, 5.74) is -0.723. The van der Waals surface area contributed by atoms with Gasteiger partial charge in [-0.2, -0.15) is 31.1 Å². The number of alkyl halides is 6. The Kier molecular flexibility index (Phi) is 6.69. The summed E-state index contributed by atoms with van der Waals surface area (Å²) < 4.78 is 111. The van der Waals surface area contributed by atoms with Gasteiger partial charge in [0, 0.05) is 29.2 Å². The largest absolute Gasteiger partial charge is 0.417 e. The van der Waals surface area contributed by atoms with Crippen LogP contribution in [0.2, 0.25) is 0 Å². The molecule has 0 amide bonds. The van der Waals surface area contributed by atoms with Gasteiger partial charge in [-0.05, 0) is 42.5 Å². The maximum Gasteiger partial charge on any atom is 0.417 e. The van der Waals surface area contributed by atoms with Gasteiger partial charge >= 0.3 is 12.4 Å². The molecule has 3 aromatic rings.